The summed E-state index contributed by atoms with van der Waals surface area (Å²) in [5.74, 6) is 0.655. The zero-order chi connectivity index (χ0) is 16.8. The van der Waals surface area contributed by atoms with E-state index in [0.29, 0.717) is 17.9 Å². The van der Waals surface area contributed by atoms with Crippen LogP contribution >= 0.6 is 11.3 Å². The van der Waals surface area contributed by atoms with Crippen molar-refractivity contribution in [1.29, 1.82) is 0 Å². The van der Waals surface area contributed by atoms with E-state index in [2.05, 4.69) is 4.90 Å². The van der Waals surface area contributed by atoms with E-state index < -0.39 is 0 Å². The third kappa shape index (κ3) is 3.31. The molecule has 1 amide bonds. The molecular weight excluding hydrogens is 334 g/mol. The molecule has 3 heterocycles. The van der Waals surface area contributed by atoms with Crippen molar-refractivity contribution in [3.8, 4) is 5.19 Å². The number of hydrogen-bond acceptors (Lipinski definition) is 5. The van der Waals surface area contributed by atoms with Gasteiger partial charge in [0.25, 0.3) is 5.19 Å². The molecular formula is C19H27N3O2S. The maximum atomic E-state index is 12.5. The fourth-order valence-electron chi connectivity index (χ4n) is 4.26. The van der Waals surface area contributed by atoms with Crippen LogP contribution in [0.4, 0.5) is 0 Å². The van der Waals surface area contributed by atoms with Gasteiger partial charge in [-0.15, -0.1) is 0 Å². The summed E-state index contributed by atoms with van der Waals surface area (Å²) in [7, 11) is 0. The first-order valence-electron chi connectivity index (χ1n) is 9.94. The van der Waals surface area contributed by atoms with E-state index in [1.54, 1.807) is 11.3 Å². The second kappa shape index (κ2) is 6.54. The quantitative estimate of drug-likeness (QED) is 0.827. The van der Waals surface area contributed by atoms with E-state index in [-0.39, 0.29) is 0 Å². The van der Waals surface area contributed by atoms with Crippen molar-refractivity contribution >= 4 is 17.2 Å². The van der Waals surface area contributed by atoms with E-state index in [1.165, 1.54) is 37.2 Å². The van der Waals surface area contributed by atoms with Gasteiger partial charge in [0, 0.05) is 38.0 Å². The van der Waals surface area contributed by atoms with Gasteiger partial charge in [0.05, 0.1) is 17.1 Å². The molecule has 1 aromatic heterocycles. The van der Waals surface area contributed by atoms with Gasteiger partial charge in [0.2, 0.25) is 5.91 Å². The minimum atomic E-state index is 0.293. The monoisotopic (exact) mass is 361 g/mol. The Bertz CT molecular complexity index is 645. The molecule has 0 N–H and O–H groups in total. The molecule has 4 aliphatic rings. The van der Waals surface area contributed by atoms with Crippen LogP contribution in [-0.2, 0) is 17.8 Å². The van der Waals surface area contributed by atoms with Crippen molar-refractivity contribution in [3.63, 3.8) is 0 Å². The van der Waals surface area contributed by atoms with Crippen molar-refractivity contribution in [2.45, 2.75) is 70.1 Å². The summed E-state index contributed by atoms with van der Waals surface area (Å²) >= 11 is 1.67. The summed E-state index contributed by atoms with van der Waals surface area (Å²) < 4.78 is 6.21. The van der Waals surface area contributed by atoms with Crippen LogP contribution in [0.1, 0.15) is 55.5 Å². The number of aromatic nitrogens is 1. The number of nitrogens with zero attached hydrogens (tertiary/aromatic N) is 3. The summed E-state index contributed by atoms with van der Waals surface area (Å²) in [6.45, 7) is 3.91. The SMILES string of the molecule is O=C(C1CCC1)N1CCc2nc(OC3CCN(C4CC4)CC3)sc2C1. The Hall–Kier alpha value is -1.14. The van der Waals surface area contributed by atoms with Crippen LogP contribution in [0.15, 0.2) is 0 Å². The fourth-order valence-corrected chi connectivity index (χ4v) is 5.30. The number of fused-ring (bicyclic) bond motifs is 1. The number of carbonyl (C=O) groups is 1. The van der Waals surface area contributed by atoms with Crippen LogP contribution in [-0.4, -0.2) is 52.5 Å². The van der Waals surface area contributed by atoms with Gasteiger partial charge in [-0.05, 0) is 38.5 Å². The number of likely N-dealkylation sites (tertiary alicyclic amines) is 1. The average Bonchev–Trinajstić information content (AvgIpc) is 3.34. The van der Waals surface area contributed by atoms with Crippen molar-refractivity contribution in [3.05, 3.63) is 10.6 Å². The molecule has 6 heteroatoms. The molecule has 5 rings (SSSR count). The largest absolute Gasteiger partial charge is 0.467 e. The molecule has 0 aromatic carbocycles. The molecule has 136 valence electrons. The van der Waals surface area contributed by atoms with Gasteiger partial charge < -0.3 is 14.5 Å². The minimum Gasteiger partial charge on any atom is -0.467 e. The molecule has 0 radical (unpaired) electrons. The van der Waals surface area contributed by atoms with Crippen molar-refractivity contribution in [2.24, 2.45) is 5.92 Å². The van der Waals surface area contributed by atoms with Crippen LogP contribution in [0.2, 0.25) is 0 Å². The Balaban J connectivity index is 1.18. The smallest absolute Gasteiger partial charge is 0.273 e. The van der Waals surface area contributed by atoms with Crippen LogP contribution in [0.5, 0.6) is 5.19 Å². The normalized spacial score (nSPS) is 25.5. The Kier molecular flexibility index (Phi) is 4.20. The minimum absolute atomic E-state index is 0.293. The van der Waals surface area contributed by atoms with Gasteiger partial charge in [-0.25, -0.2) is 4.98 Å². The second-order valence-electron chi connectivity index (χ2n) is 8.07. The number of rotatable bonds is 4. The van der Waals surface area contributed by atoms with Gasteiger partial charge in [0.15, 0.2) is 0 Å². The van der Waals surface area contributed by atoms with Crippen molar-refractivity contribution < 1.29 is 9.53 Å². The number of thiazole rings is 1. The molecule has 2 aliphatic heterocycles. The predicted molar refractivity (Wildman–Crippen MR) is 96.8 cm³/mol. The topological polar surface area (TPSA) is 45.7 Å². The lowest BCUT2D eigenvalue weighted by Gasteiger charge is -2.33. The van der Waals surface area contributed by atoms with Crippen molar-refractivity contribution in [1.82, 2.24) is 14.8 Å². The zero-order valence-electron chi connectivity index (χ0n) is 14.8. The highest BCUT2D eigenvalue weighted by Gasteiger charge is 2.34. The van der Waals surface area contributed by atoms with E-state index in [4.69, 9.17) is 9.72 Å². The molecule has 2 saturated carbocycles. The summed E-state index contributed by atoms with van der Waals surface area (Å²) in [4.78, 5) is 23.1. The number of hydrogen-bond donors (Lipinski definition) is 0. The molecule has 0 bridgehead atoms. The summed E-state index contributed by atoms with van der Waals surface area (Å²) in [5, 5.41) is 0.827. The molecule has 1 saturated heterocycles. The maximum Gasteiger partial charge on any atom is 0.273 e. The van der Waals surface area contributed by atoms with E-state index in [9.17, 15) is 4.79 Å². The lowest BCUT2D eigenvalue weighted by atomic mass is 9.84. The first kappa shape index (κ1) is 16.1. The maximum absolute atomic E-state index is 12.5. The second-order valence-corrected chi connectivity index (χ2v) is 9.12. The molecule has 1 aromatic rings. The Labute approximate surface area is 153 Å². The fraction of sp³-hybridized carbons (Fsp3) is 0.789. The third-order valence-electron chi connectivity index (χ3n) is 6.29. The third-order valence-corrected chi connectivity index (χ3v) is 7.26. The van der Waals surface area contributed by atoms with Crippen LogP contribution in [0, 0.1) is 5.92 Å². The van der Waals surface area contributed by atoms with Crippen molar-refractivity contribution in [2.75, 3.05) is 19.6 Å². The van der Waals surface area contributed by atoms with E-state index in [0.717, 1.165) is 62.1 Å². The highest BCUT2D eigenvalue weighted by atomic mass is 32.1. The Morgan fingerprint density at radius 2 is 1.88 bits per heavy atom. The molecule has 25 heavy (non-hydrogen) atoms. The Morgan fingerprint density at radius 3 is 2.56 bits per heavy atom. The molecule has 0 spiro atoms. The number of ether oxygens (including phenoxy) is 1. The highest BCUT2D eigenvalue weighted by Crippen LogP contribution is 2.35. The molecule has 0 unspecified atom stereocenters. The number of amides is 1. The van der Waals surface area contributed by atoms with Gasteiger partial charge in [0.1, 0.15) is 6.10 Å². The van der Waals surface area contributed by atoms with Crippen LogP contribution < -0.4 is 4.74 Å². The van der Waals surface area contributed by atoms with Crippen LogP contribution in [0.3, 0.4) is 0 Å². The van der Waals surface area contributed by atoms with E-state index in [1.807, 2.05) is 4.90 Å². The lowest BCUT2D eigenvalue weighted by Crippen LogP contribution is -2.41. The summed E-state index contributed by atoms with van der Waals surface area (Å²) in [6, 6.07) is 0.868. The molecule has 0 atom stereocenters. The molecule has 3 fully saturated rings. The zero-order valence-corrected chi connectivity index (χ0v) is 15.6. The predicted octanol–water partition coefficient (Wildman–Crippen LogP) is 2.83. The van der Waals surface area contributed by atoms with Gasteiger partial charge in [-0.2, -0.15) is 0 Å². The highest BCUT2D eigenvalue weighted by molar-refractivity contribution is 7.13. The molecule has 2 aliphatic carbocycles. The number of piperidine rings is 1. The van der Waals surface area contributed by atoms with Gasteiger partial charge >= 0.3 is 0 Å². The van der Waals surface area contributed by atoms with Crippen LogP contribution in [0.25, 0.3) is 0 Å². The van der Waals surface area contributed by atoms with Gasteiger partial charge in [-0.3, -0.25) is 4.79 Å². The summed E-state index contributed by atoms with van der Waals surface area (Å²) in [6.07, 6.45) is 9.59. The Morgan fingerprint density at radius 1 is 1.08 bits per heavy atom. The van der Waals surface area contributed by atoms with E-state index >= 15 is 0 Å². The van der Waals surface area contributed by atoms with Gasteiger partial charge in [-0.1, -0.05) is 17.8 Å². The number of carbonyl (C=O) groups excluding carboxylic acids is 1. The molecule has 5 nitrogen and oxygen atoms in total. The summed E-state index contributed by atoms with van der Waals surface area (Å²) in [5.41, 5.74) is 1.16. The lowest BCUT2D eigenvalue weighted by molar-refractivity contribution is -0.139. The average molecular weight is 362 g/mol. The first-order chi connectivity index (χ1) is 12.3. The first-order valence-corrected chi connectivity index (χ1v) is 10.8. The standard InChI is InChI=1S/C19H27N3O2S/c23-18(13-2-1-3-13)22-11-8-16-17(12-22)25-19(20-16)24-15-6-9-21(10-7-15)14-4-5-14/h13-15H,1-12H2.